The molecule has 9 heteroatoms. The first-order valence-electron chi connectivity index (χ1n) is 11.4. The summed E-state index contributed by atoms with van der Waals surface area (Å²) in [6.45, 7) is 1.09. The molecule has 0 radical (unpaired) electrons. The molecule has 1 aromatic heterocycles. The Balaban J connectivity index is 1.32. The molecular formula is C24H29N5O4. The lowest BCUT2D eigenvalue weighted by Crippen LogP contribution is -2.46. The van der Waals surface area contributed by atoms with E-state index in [0.29, 0.717) is 37.2 Å². The normalized spacial score (nSPS) is 16.9. The highest BCUT2D eigenvalue weighted by molar-refractivity contribution is 6.01. The predicted molar refractivity (Wildman–Crippen MR) is 122 cm³/mol. The number of methoxy groups -OCH3 is 1. The molecule has 1 aliphatic carbocycles. The van der Waals surface area contributed by atoms with E-state index in [1.807, 2.05) is 0 Å². The number of ether oxygens (including phenoxy) is 1. The van der Waals surface area contributed by atoms with Crippen LogP contribution in [-0.2, 0) is 4.79 Å². The van der Waals surface area contributed by atoms with E-state index in [1.165, 1.54) is 12.4 Å². The molecule has 2 aliphatic rings. The third-order valence-corrected chi connectivity index (χ3v) is 6.34. The van der Waals surface area contributed by atoms with Crippen LogP contribution in [0.5, 0.6) is 5.75 Å². The Morgan fingerprint density at radius 3 is 2.30 bits per heavy atom. The Hall–Kier alpha value is -3.49. The SMILES string of the molecule is COc1ccc(C(=O)N2CCC(NC(=O)c3nccnc3NC(=O)C3CCCC3)CC2)cc1. The van der Waals surface area contributed by atoms with Gasteiger partial charge in [-0.2, -0.15) is 0 Å². The van der Waals surface area contributed by atoms with Gasteiger partial charge in [0.25, 0.3) is 11.8 Å². The number of carbonyl (C=O) groups excluding carboxylic acids is 3. The molecule has 1 saturated carbocycles. The standard InChI is InChI=1S/C24H29N5O4/c1-33-19-8-6-17(7-9-19)24(32)29-14-10-18(11-15-29)27-23(31)20-21(26-13-12-25-20)28-22(30)16-4-2-3-5-16/h6-9,12-13,16,18H,2-5,10-11,14-15H2,1H3,(H,27,31)(H,26,28,30). The second kappa shape index (κ2) is 10.4. The van der Waals surface area contributed by atoms with Crippen molar-refractivity contribution in [2.45, 2.75) is 44.6 Å². The van der Waals surface area contributed by atoms with Crippen LogP contribution < -0.4 is 15.4 Å². The van der Waals surface area contributed by atoms with Gasteiger partial charge in [0, 0.05) is 43.0 Å². The molecule has 33 heavy (non-hydrogen) atoms. The van der Waals surface area contributed by atoms with Crippen LogP contribution in [0.4, 0.5) is 5.82 Å². The van der Waals surface area contributed by atoms with Crippen molar-refractivity contribution >= 4 is 23.5 Å². The zero-order valence-electron chi connectivity index (χ0n) is 18.8. The molecule has 0 atom stereocenters. The monoisotopic (exact) mass is 451 g/mol. The molecule has 2 N–H and O–H groups in total. The maximum absolute atomic E-state index is 12.9. The fourth-order valence-corrected chi connectivity index (χ4v) is 4.40. The van der Waals surface area contributed by atoms with Crippen LogP contribution >= 0.6 is 0 Å². The summed E-state index contributed by atoms with van der Waals surface area (Å²) >= 11 is 0. The van der Waals surface area contributed by atoms with Crippen molar-refractivity contribution in [2.75, 3.05) is 25.5 Å². The van der Waals surface area contributed by atoms with E-state index in [9.17, 15) is 14.4 Å². The Morgan fingerprint density at radius 2 is 1.64 bits per heavy atom. The van der Waals surface area contributed by atoms with Crippen molar-refractivity contribution in [3.05, 3.63) is 47.9 Å². The quantitative estimate of drug-likeness (QED) is 0.698. The Kier molecular flexibility index (Phi) is 7.16. The lowest BCUT2D eigenvalue weighted by Gasteiger charge is -2.32. The number of piperidine rings is 1. The predicted octanol–water partition coefficient (Wildman–Crippen LogP) is 2.65. The van der Waals surface area contributed by atoms with Crippen LogP contribution in [0.15, 0.2) is 36.7 Å². The van der Waals surface area contributed by atoms with E-state index in [0.717, 1.165) is 25.7 Å². The molecule has 0 spiro atoms. The highest BCUT2D eigenvalue weighted by Gasteiger charge is 2.28. The third-order valence-electron chi connectivity index (χ3n) is 6.34. The lowest BCUT2D eigenvalue weighted by molar-refractivity contribution is -0.119. The zero-order chi connectivity index (χ0) is 23.2. The molecule has 3 amide bonds. The van der Waals surface area contributed by atoms with Gasteiger partial charge in [0.15, 0.2) is 11.5 Å². The van der Waals surface area contributed by atoms with Gasteiger partial charge < -0.3 is 20.3 Å². The number of carbonyl (C=O) groups is 3. The van der Waals surface area contributed by atoms with E-state index in [4.69, 9.17) is 4.74 Å². The molecule has 1 aromatic carbocycles. The minimum Gasteiger partial charge on any atom is -0.497 e. The highest BCUT2D eigenvalue weighted by atomic mass is 16.5. The van der Waals surface area contributed by atoms with Crippen molar-refractivity contribution in [1.29, 1.82) is 0 Å². The number of rotatable bonds is 6. The van der Waals surface area contributed by atoms with Gasteiger partial charge in [0.2, 0.25) is 5.91 Å². The first-order chi connectivity index (χ1) is 16.0. The first kappa shape index (κ1) is 22.7. The van der Waals surface area contributed by atoms with Crippen LogP contribution in [0.1, 0.15) is 59.4 Å². The van der Waals surface area contributed by atoms with Crippen LogP contribution in [-0.4, -0.2) is 58.8 Å². The van der Waals surface area contributed by atoms with Gasteiger partial charge in [0.05, 0.1) is 7.11 Å². The van der Waals surface area contributed by atoms with Gasteiger partial charge >= 0.3 is 0 Å². The summed E-state index contributed by atoms with van der Waals surface area (Å²) in [5, 5.41) is 5.77. The number of likely N-dealkylation sites (tertiary alicyclic amines) is 1. The first-order valence-corrected chi connectivity index (χ1v) is 11.4. The number of aromatic nitrogens is 2. The molecule has 1 saturated heterocycles. The molecule has 0 unspecified atom stereocenters. The van der Waals surface area contributed by atoms with Gasteiger partial charge in [-0.25, -0.2) is 9.97 Å². The molecule has 1 aliphatic heterocycles. The smallest absolute Gasteiger partial charge is 0.273 e. The van der Waals surface area contributed by atoms with Crippen molar-refractivity contribution in [3.8, 4) is 5.75 Å². The minimum absolute atomic E-state index is 0.0320. The summed E-state index contributed by atoms with van der Waals surface area (Å²) in [6.07, 6.45) is 8.00. The van der Waals surface area contributed by atoms with Gasteiger partial charge in [-0.15, -0.1) is 0 Å². The van der Waals surface area contributed by atoms with Gasteiger partial charge in [-0.3, -0.25) is 14.4 Å². The number of hydrogen-bond acceptors (Lipinski definition) is 6. The molecule has 2 heterocycles. The molecule has 9 nitrogen and oxygen atoms in total. The second-order valence-electron chi connectivity index (χ2n) is 8.49. The molecule has 0 bridgehead atoms. The van der Waals surface area contributed by atoms with Crippen molar-refractivity contribution in [2.24, 2.45) is 5.92 Å². The van der Waals surface area contributed by atoms with E-state index < -0.39 is 0 Å². The molecular weight excluding hydrogens is 422 g/mol. The molecule has 2 aromatic rings. The summed E-state index contributed by atoms with van der Waals surface area (Å²) < 4.78 is 5.14. The summed E-state index contributed by atoms with van der Waals surface area (Å²) in [5.41, 5.74) is 0.723. The Bertz CT molecular complexity index is 996. The number of hydrogen-bond donors (Lipinski definition) is 2. The van der Waals surface area contributed by atoms with Crippen molar-refractivity contribution in [1.82, 2.24) is 20.2 Å². The number of amides is 3. The maximum atomic E-state index is 12.9. The lowest BCUT2D eigenvalue weighted by atomic mass is 10.0. The van der Waals surface area contributed by atoms with E-state index in [-0.39, 0.29) is 41.2 Å². The van der Waals surface area contributed by atoms with Gasteiger partial charge in [0.1, 0.15) is 5.75 Å². The van der Waals surface area contributed by atoms with Gasteiger partial charge in [-0.05, 0) is 49.9 Å². The Labute approximate surface area is 192 Å². The largest absolute Gasteiger partial charge is 0.497 e. The average Bonchev–Trinajstić information content (AvgIpc) is 3.40. The third kappa shape index (κ3) is 5.47. The minimum atomic E-state index is -0.371. The zero-order valence-corrected chi connectivity index (χ0v) is 18.8. The molecule has 4 rings (SSSR count). The topological polar surface area (TPSA) is 114 Å². The van der Waals surface area contributed by atoms with Crippen molar-refractivity contribution in [3.63, 3.8) is 0 Å². The highest BCUT2D eigenvalue weighted by Crippen LogP contribution is 2.26. The summed E-state index contributed by atoms with van der Waals surface area (Å²) in [7, 11) is 1.59. The Morgan fingerprint density at radius 1 is 0.970 bits per heavy atom. The number of anilines is 1. The summed E-state index contributed by atoms with van der Waals surface area (Å²) in [6, 6.07) is 6.96. The van der Waals surface area contributed by atoms with Crippen LogP contribution in [0.3, 0.4) is 0 Å². The number of nitrogens with one attached hydrogen (secondary N) is 2. The van der Waals surface area contributed by atoms with Gasteiger partial charge in [-0.1, -0.05) is 12.8 Å². The maximum Gasteiger partial charge on any atom is 0.273 e. The van der Waals surface area contributed by atoms with E-state index in [1.54, 1.807) is 36.3 Å². The van der Waals surface area contributed by atoms with E-state index in [2.05, 4.69) is 20.6 Å². The van der Waals surface area contributed by atoms with Crippen molar-refractivity contribution < 1.29 is 19.1 Å². The van der Waals surface area contributed by atoms with E-state index >= 15 is 0 Å². The fraction of sp³-hybridized carbons (Fsp3) is 0.458. The second-order valence-corrected chi connectivity index (χ2v) is 8.49. The average molecular weight is 452 g/mol. The number of nitrogens with zero attached hydrogens (tertiary/aromatic N) is 3. The molecule has 2 fully saturated rings. The van der Waals surface area contributed by atoms with Crippen LogP contribution in [0.25, 0.3) is 0 Å². The molecule has 174 valence electrons. The van der Waals surface area contributed by atoms with Crippen LogP contribution in [0.2, 0.25) is 0 Å². The summed E-state index contributed by atoms with van der Waals surface area (Å²) in [5.74, 6) is 0.357. The fourth-order valence-electron chi connectivity index (χ4n) is 4.40. The number of benzene rings is 1. The summed E-state index contributed by atoms with van der Waals surface area (Å²) in [4.78, 5) is 48.2. The van der Waals surface area contributed by atoms with Crippen LogP contribution in [0, 0.1) is 5.92 Å².